The molecular weight excluding hydrogens is 202 g/mol. The van der Waals surface area contributed by atoms with E-state index in [4.69, 9.17) is 9.68 Å². The molecule has 0 saturated heterocycles. The third kappa shape index (κ3) is 3.35. The van der Waals surface area contributed by atoms with Gasteiger partial charge in [-0.2, -0.15) is 5.26 Å². The van der Waals surface area contributed by atoms with Crippen LogP contribution < -0.4 is 0 Å². The van der Waals surface area contributed by atoms with Gasteiger partial charge in [0.05, 0.1) is 18.3 Å². The number of nitriles is 1. The lowest BCUT2D eigenvalue weighted by Crippen LogP contribution is -2.31. The van der Waals surface area contributed by atoms with Gasteiger partial charge in [0.1, 0.15) is 5.76 Å². The molecule has 0 aliphatic heterocycles. The highest BCUT2D eigenvalue weighted by molar-refractivity contribution is 5.05. The molecule has 88 valence electrons. The van der Waals surface area contributed by atoms with Crippen LogP contribution in [-0.2, 0) is 6.54 Å². The maximum Gasteiger partial charge on any atom is 0.208 e. The summed E-state index contributed by atoms with van der Waals surface area (Å²) in [4.78, 5) is 6.54. The first-order valence-corrected chi connectivity index (χ1v) is 5.58. The summed E-state index contributed by atoms with van der Waals surface area (Å²) < 4.78 is 5.54. The zero-order valence-electron chi connectivity index (χ0n) is 10.4. The molecule has 0 spiro atoms. The van der Waals surface area contributed by atoms with Crippen molar-refractivity contribution in [1.82, 2.24) is 9.88 Å². The second-order valence-electron chi connectivity index (χ2n) is 4.22. The second kappa shape index (κ2) is 5.66. The SMILES string of the molecule is Cc1nc(CN(CCC#N)C(C)C)oc1C. The average Bonchev–Trinajstić information content (AvgIpc) is 2.52. The van der Waals surface area contributed by atoms with Gasteiger partial charge in [0.25, 0.3) is 0 Å². The van der Waals surface area contributed by atoms with Crippen molar-refractivity contribution in [3.63, 3.8) is 0 Å². The van der Waals surface area contributed by atoms with E-state index in [0.29, 0.717) is 19.0 Å². The Kier molecular flexibility index (Phi) is 4.51. The van der Waals surface area contributed by atoms with E-state index >= 15 is 0 Å². The molecule has 0 radical (unpaired) electrons. The molecule has 0 fully saturated rings. The van der Waals surface area contributed by atoms with Crippen LogP contribution in [0.5, 0.6) is 0 Å². The number of aryl methyl sites for hydroxylation is 2. The highest BCUT2D eigenvalue weighted by Crippen LogP contribution is 2.12. The molecule has 0 amide bonds. The van der Waals surface area contributed by atoms with Crippen molar-refractivity contribution < 1.29 is 4.42 Å². The first-order valence-electron chi connectivity index (χ1n) is 5.58. The van der Waals surface area contributed by atoms with E-state index in [9.17, 15) is 0 Å². The number of nitrogens with zero attached hydrogens (tertiary/aromatic N) is 3. The summed E-state index contributed by atoms with van der Waals surface area (Å²) in [6.45, 7) is 9.51. The van der Waals surface area contributed by atoms with E-state index in [0.717, 1.165) is 23.9 Å². The van der Waals surface area contributed by atoms with Crippen LogP contribution in [0.1, 0.15) is 37.6 Å². The zero-order valence-corrected chi connectivity index (χ0v) is 10.4. The van der Waals surface area contributed by atoms with Gasteiger partial charge < -0.3 is 4.42 Å². The standard InChI is InChI=1S/C12H19N3O/c1-9(2)15(7-5-6-13)8-12-14-10(3)11(4)16-12/h9H,5,7-8H2,1-4H3. The van der Waals surface area contributed by atoms with Crippen LogP contribution in [0.4, 0.5) is 0 Å². The van der Waals surface area contributed by atoms with Crippen LogP contribution in [-0.4, -0.2) is 22.5 Å². The first-order chi connectivity index (χ1) is 7.54. The van der Waals surface area contributed by atoms with Crippen molar-refractivity contribution in [3.8, 4) is 6.07 Å². The van der Waals surface area contributed by atoms with E-state index in [1.807, 2.05) is 13.8 Å². The van der Waals surface area contributed by atoms with Crippen molar-refractivity contribution >= 4 is 0 Å². The summed E-state index contributed by atoms with van der Waals surface area (Å²) in [5, 5.41) is 8.60. The Labute approximate surface area is 96.9 Å². The van der Waals surface area contributed by atoms with Gasteiger partial charge in [0.15, 0.2) is 0 Å². The highest BCUT2D eigenvalue weighted by Gasteiger charge is 2.14. The molecule has 1 aromatic rings. The van der Waals surface area contributed by atoms with Crippen molar-refractivity contribution in [1.29, 1.82) is 5.26 Å². The zero-order chi connectivity index (χ0) is 12.1. The van der Waals surface area contributed by atoms with Crippen molar-refractivity contribution in [2.75, 3.05) is 6.54 Å². The molecule has 4 heteroatoms. The van der Waals surface area contributed by atoms with Crippen molar-refractivity contribution in [2.45, 2.75) is 46.7 Å². The summed E-state index contributed by atoms with van der Waals surface area (Å²) in [6.07, 6.45) is 0.539. The first kappa shape index (κ1) is 12.7. The molecule has 1 rings (SSSR count). The number of rotatable bonds is 5. The van der Waals surface area contributed by atoms with Crippen molar-refractivity contribution in [3.05, 3.63) is 17.3 Å². The molecule has 0 N–H and O–H groups in total. The lowest BCUT2D eigenvalue weighted by atomic mass is 10.3. The van der Waals surface area contributed by atoms with Gasteiger partial charge in [-0.25, -0.2) is 4.98 Å². The van der Waals surface area contributed by atoms with Gasteiger partial charge in [0, 0.05) is 19.0 Å². The molecule has 1 heterocycles. The van der Waals surface area contributed by atoms with Gasteiger partial charge in [-0.3, -0.25) is 4.90 Å². The fourth-order valence-electron chi connectivity index (χ4n) is 1.49. The smallest absolute Gasteiger partial charge is 0.208 e. The summed E-state index contributed by atoms with van der Waals surface area (Å²) in [7, 11) is 0. The Balaban J connectivity index is 2.64. The topological polar surface area (TPSA) is 53.1 Å². The molecule has 0 bridgehead atoms. The largest absolute Gasteiger partial charge is 0.444 e. The lowest BCUT2D eigenvalue weighted by molar-refractivity contribution is 0.196. The molecule has 0 aliphatic carbocycles. The predicted molar refractivity (Wildman–Crippen MR) is 61.8 cm³/mol. The number of oxazole rings is 1. The number of aromatic nitrogens is 1. The van der Waals surface area contributed by atoms with Crippen LogP contribution in [0.3, 0.4) is 0 Å². The Morgan fingerprint density at radius 1 is 1.44 bits per heavy atom. The number of hydrogen-bond acceptors (Lipinski definition) is 4. The Hall–Kier alpha value is -1.34. The third-order valence-corrected chi connectivity index (χ3v) is 2.65. The summed E-state index contributed by atoms with van der Waals surface area (Å²) in [5.41, 5.74) is 0.944. The molecule has 0 atom stereocenters. The van der Waals surface area contributed by atoms with E-state index < -0.39 is 0 Å². The predicted octanol–water partition coefficient (Wildman–Crippen LogP) is 2.42. The Bertz CT molecular complexity index is 357. The minimum atomic E-state index is 0.390. The van der Waals surface area contributed by atoms with Crippen LogP contribution in [0.25, 0.3) is 0 Å². The highest BCUT2D eigenvalue weighted by atomic mass is 16.4. The Morgan fingerprint density at radius 2 is 2.12 bits per heavy atom. The molecule has 0 aromatic carbocycles. The molecule has 0 aliphatic rings. The molecule has 1 aromatic heterocycles. The summed E-state index contributed by atoms with van der Waals surface area (Å²) in [6, 6.07) is 2.55. The fraction of sp³-hybridized carbons (Fsp3) is 0.667. The molecular formula is C12H19N3O. The van der Waals surface area contributed by atoms with Crippen LogP contribution >= 0.6 is 0 Å². The maximum atomic E-state index is 8.60. The van der Waals surface area contributed by atoms with Gasteiger partial charge in [-0.05, 0) is 27.7 Å². The monoisotopic (exact) mass is 221 g/mol. The third-order valence-electron chi connectivity index (χ3n) is 2.65. The van der Waals surface area contributed by atoms with Gasteiger partial charge in [-0.15, -0.1) is 0 Å². The van der Waals surface area contributed by atoms with Gasteiger partial charge >= 0.3 is 0 Å². The van der Waals surface area contributed by atoms with Crippen LogP contribution in [0.15, 0.2) is 4.42 Å². The maximum absolute atomic E-state index is 8.60. The fourth-order valence-corrected chi connectivity index (χ4v) is 1.49. The average molecular weight is 221 g/mol. The second-order valence-corrected chi connectivity index (χ2v) is 4.22. The van der Waals surface area contributed by atoms with E-state index in [1.54, 1.807) is 0 Å². The van der Waals surface area contributed by atoms with E-state index in [-0.39, 0.29) is 0 Å². The van der Waals surface area contributed by atoms with Crippen LogP contribution in [0.2, 0.25) is 0 Å². The summed E-state index contributed by atoms with van der Waals surface area (Å²) in [5.74, 6) is 1.61. The summed E-state index contributed by atoms with van der Waals surface area (Å²) >= 11 is 0. The van der Waals surface area contributed by atoms with Crippen molar-refractivity contribution in [2.24, 2.45) is 0 Å². The van der Waals surface area contributed by atoms with E-state index in [2.05, 4.69) is 29.8 Å². The lowest BCUT2D eigenvalue weighted by Gasteiger charge is -2.23. The molecule has 0 saturated carbocycles. The van der Waals surface area contributed by atoms with Gasteiger partial charge in [0.2, 0.25) is 5.89 Å². The Morgan fingerprint density at radius 3 is 2.56 bits per heavy atom. The number of hydrogen-bond donors (Lipinski definition) is 0. The molecule has 4 nitrogen and oxygen atoms in total. The van der Waals surface area contributed by atoms with Gasteiger partial charge in [-0.1, -0.05) is 0 Å². The van der Waals surface area contributed by atoms with Crippen LogP contribution in [0, 0.1) is 25.2 Å². The minimum absolute atomic E-state index is 0.390. The molecule has 0 unspecified atom stereocenters. The normalized spacial score (nSPS) is 11.1. The minimum Gasteiger partial charge on any atom is -0.444 e. The molecule has 16 heavy (non-hydrogen) atoms. The quantitative estimate of drug-likeness (QED) is 0.766. The van der Waals surface area contributed by atoms with E-state index in [1.165, 1.54) is 0 Å².